The Morgan fingerprint density at radius 3 is 2.57 bits per heavy atom. The summed E-state index contributed by atoms with van der Waals surface area (Å²) in [5.41, 5.74) is 5.55. The molecule has 150 valence electrons. The summed E-state index contributed by atoms with van der Waals surface area (Å²) in [7, 11) is 0. The van der Waals surface area contributed by atoms with Crippen LogP contribution >= 0.6 is 0 Å². The third-order valence-corrected chi connectivity index (χ3v) is 5.77. The molecule has 2 atom stereocenters. The van der Waals surface area contributed by atoms with Crippen LogP contribution in [-0.4, -0.2) is 32.8 Å². The minimum Gasteiger partial charge on any atom is -0.481 e. The predicted molar refractivity (Wildman–Crippen MR) is 107 cm³/mol. The van der Waals surface area contributed by atoms with Crippen molar-refractivity contribution in [3.05, 3.63) is 52.3 Å². The van der Waals surface area contributed by atoms with Crippen LogP contribution in [0.4, 0.5) is 0 Å². The van der Waals surface area contributed by atoms with Gasteiger partial charge < -0.3 is 10.4 Å². The van der Waals surface area contributed by atoms with Gasteiger partial charge in [-0.15, -0.1) is 0 Å². The van der Waals surface area contributed by atoms with Crippen molar-refractivity contribution in [2.75, 3.05) is 0 Å². The number of benzene rings is 1. The smallest absolute Gasteiger partial charge is 0.308 e. The van der Waals surface area contributed by atoms with Crippen LogP contribution in [0, 0.1) is 26.7 Å². The molecule has 6 heteroatoms. The van der Waals surface area contributed by atoms with Crippen LogP contribution in [0.25, 0.3) is 0 Å². The number of carboxylic acid groups (broad SMARTS) is 1. The van der Waals surface area contributed by atoms with Crippen molar-refractivity contribution in [1.29, 1.82) is 0 Å². The highest BCUT2D eigenvalue weighted by Crippen LogP contribution is 2.26. The zero-order valence-corrected chi connectivity index (χ0v) is 16.9. The molecule has 0 unspecified atom stereocenters. The number of nitrogens with one attached hydrogen (secondary N) is 1. The van der Waals surface area contributed by atoms with Gasteiger partial charge >= 0.3 is 5.97 Å². The van der Waals surface area contributed by atoms with Gasteiger partial charge in [-0.05, 0) is 51.2 Å². The predicted octanol–water partition coefficient (Wildman–Crippen LogP) is 3.16. The molecule has 0 saturated heterocycles. The number of hydrogen-bond acceptors (Lipinski definition) is 3. The first kappa shape index (κ1) is 20.1. The second kappa shape index (κ2) is 8.59. The van der Waals surface area contributed by atoms with Gasteiger partial charge in [0.25, 0.3) is 0 Å². The maximum absolute atomic E-state index is 12.4. The van der Waals surface area contributed by atoms with Gasteiger partial charge in [0.1, 0.15) is 0 Å². The van der Waals surface area contributed by atoms with Gasteiger partial charge in [-0.2, -0.15) is 5.10 Å². The highest BCUT2D eigenvalue weighted by Gasteiger charge is 2.33. The molecule has 1 heterocycles. The summed E-state index contributed by atoms with van der Waals surface area (Å²) >= 11 is 0. The molecule has 1 amide bonds. The summed E-state index contributed by atoms with van der Waals surface area (Å²) in [5, 5.41) is 16.8. The minimum absolute atomic E-state index is 0.0803. The Morgan fingerprint density at radius 1 is 1.18 bits per heavy atom. The van der Waals surface area contributed by atoms with Crippen LogP contribution in [0.15, 0.2) is 24.3 Å². The fraction of sp³-hybridized carbons (Fsp3) is 0.500. The Morgan fingerprint density at radius 2 is 1.89 bits per heavy atom. The van der Waals surface area contributed by atoms with Gasteiger partial charge in [0.05, 0.1) is 18.2 Å². The van der Waals surface area contributed by atoms with Crippen LogP contribution in [0.5, 0.6) is 0 Å². The zero-order chi connectivity index (χ0) is 20.3. The number of amides is 1. The first-order valence-electron chi connectivity index (χ1n) is 9.95. The Bertz CT molecular complexity index is 855. The van der Waals surface area contributed by atoms with Gasteiger partial charge in [0.15, 0.2) is 0 Å². The Kier molecular flexibility index (Phi) is 6.17. The maximum atomic E-state index is 12.4. The van der Waals surface area contributed by atoms with E-state index in [0.29, 0.717) is 25.8 Å². The Balaban J connectivity index is 1.60. The van der Waals surface area contributed by atoms with Crippen LogP contribution < -0.4 is 5.32 Å². The number of carbonyl (C=O) groups excluding carboxylic acids is 1. The van der Waals surface area contributed by atoms with E-state index in [9.17, 15) is 14.7 Å². The lowest BCUT2D eigenvalue weighted by Gasteiger charge is -2.17. The highest BCUT2D eigenvalue weighted by molar-refractivity contribution is 5.78. The first-order chi connectivity index (χ1) is 13.3. The van der Waals surface area contributed by atoms with E-state index in [2.05, 4.69) is 41.6 Å². The second-order valence-electron chi connectivity index (χ2n) is 7.84. The number of aryl methyl sites for hydroxylation is 2. The molecule has 1 aromatic heterocycles. The maximum Gasteiger partial charge on any atom is 0.308 e. The number of aromatic nitrogens is 2. The molecule has 0 radical (unpaired) electrons. The van der Waals surface area contributed by atoms with Crippen LogP contribution in [0.3, 0.4) is 0 Å². The fourth-order valence-electron chi connectivity index (χ4n) is 4.06. The third-order valence-electron chi connectivity index (χ3n) is 5.77. The molecule has 3 rings (SSSR count). The largest absolute Gasteiger partial charge is 0.481 e. The molecular formula is C22H29N3O3. The van der Waals surface area contributed by atoms with E-state index in [1.54, 1.807) is 0 Å². The third kappa shape index (κ3) is 4.61. The number of hydrogen-bond donors (Lipinski definition) is 2. The van der Waals surface area contributed by atoms with Crippen molar-refractivity contribution >= 4 is 11.9 Å². The lowest BCUT2D eigenvalue weighted by atomic mass is 10.0. The van der Waals surface area contributed by atoms with Gasteiger partial charge in [0, 0.05) is 18.2 Å². The number of aliphatic carboxylic acids is 1. The van der Waals surface area contributed by atoms with Crippen molar-refractivity contribution in [2.45, 2.75) is 65.5 Å². The standard InChI is InChI=1S/C22H29N3O3/c1-14-7-9-17(10-8-14)13-25-16(3)18(15(2)24-25)11-12-21(26)23-20-6-4-5-19(20)22(27)28/h7-10,19-20H,4-6,11-13H2,1-3H3,(H,23,26)(H,27,28)/t19-,20+/m0/s1. The molecular weight excluding hydrogens is 354 g/mol. The van der Waals surface area contributed by atoms with Crippen LogP contribution in [0.1, 0.15) is 53.8 Å². The Labute approximate surface area is 166 Å². The van der Waals surface area contributed by atoms with E-state index in [1.807, 2.05) is 18.5 Å². The van der Waals surface area contributed by atoms with Gasteiger partial charge in [-0.3, -0.25) is 14.3 Å². The lowest BCUT2D eigenvalue weighted by Crippen LogP contribution is -2.40. The number of carbonyl (C=O) groups is 2. The molecule has 0 spiro atoms. The lowest BCUT2D eigenvalue weighted by molar-refractivity contribution is -0.142. The molecule has 1 aromatic carbocycles. The average molecular weight is 383 g/mol. The van der Waals surface area contributed by atoms with Crippen LogP contribution in [0.2, 0.25) is 0 Å². The van der Waals surface area contributed by atoms with Crippen molar-refractivity contribution in [2.24, 2.45) is 5.92 Å². The fourth-order valence-corrected chi connectivity index (χ4v) is 4.06. The van der Waals surface area contributed by atoms with Gasteiger partial charge in [-0.1, -0.05) is 36.2 Å². The van der Waals surface area contributed by atoms with Crippen molar-refractivity contribution in [1.82, 2.24) is 15.1 Å². The number of carboxylic acids is 1. The van der Waals surface area contributed by atoms with Crippen LogP contribution in [-0.2, 0) is 22.6 Å². The van der Waals surface area contributed by atoms with E-state index < -0.39 is 11.9 Å². The van der Waals surface area contributed by atoms with Gasteiger partial charge in [-0.25, -0.2) is 0 Å². The average Bonchev–Trinajstić information content (AvgIpc) is 3.20. The molecule has 1 aliphatic carbocycles. The quantitative estimate of drug-likeness (QED) is 0.769. The molecule has 1 aliphatic rings. The highest BCUT2D eigenvalue weighted by atomic mass is 16.4. The molecule has 2 N–H and O–H groups in total. The summed E-state index contributed by atoms with van der Waals surface area (Å²) in [6.07, 6.45) is 3.20. The molecule has 0 bridgehead atoms. The second-order valence-corrected chi connectivity index (χ2v) is 7.84. The number of nitrogens with zero attached hydrogens (tertiary/aromatic N) is 2. The molecule has 2 aromatic rings. The monoisotopic (exact) mass is 383 g/mol. The zero-order valence-electron chi connectivity index (χ0n) is 16.9. The summed E-state index contributed by atoms with van der Waals surface area (Å²) in [5.74, 6) is -1.35. The molecule has 1 saturated carbocycles. The summed E-state index contributed by atoms with van der Waals surface area (Å²) in [4.78, 5) is 23.6. The SMILES string of the molecule is Cc1ccc(Cn2nc(C)c(CCC(=O)N[C@@H]3CCC[C@@H]3C(=O)O)c2C)cc1. The molecule has 0 aliphatic heterocycles. The van der Waals surface area contributed by atoms with E-state index >= 15 is 0 Å². The molecule has 1 fully saturated rings. The van der Waals surface area contributed by atoms with E-state index in [0.717, 1.165) is 29.8 Å². The van der Waals surface area contributed by atoms with Gasteiger partial charge in [0.2, 0.25) is 5.91 Å². The van der Waals surface area contributed by atoms with E-state index in [4.69, 9.17) is 0 Å². The van der Waals surface area contributed by atoms with Crippen molar-refractivity contribution < 1.29 is 14.7 Å². The van der Waals surface area contributed by atoms with Crippen molar-refractivity contribution in [3.8, 4) is 0 Å². The molecule has 28 heavy (non-hydrogen) atoms. The Hall–Kier alpha value is -2.63. The summed E-state index contributed by atoms with van der Waals surface area (Å²) in [6, 6.07) is 8.18. The first-order valence-corrected chi connectivity index (χ1v) is 9.95. The van der Waals surface area contributed by atoms with E-state index in [-0.39, 0.29) is 11.9 Å². The van der Waals surface area contributed by atoms with E-state index in [1.165, 1.54) is 11.1 Å². The van der Waals surface area contributed by atoms with Crippen molar-refractivity contribution in [3.63, 3.8) is 0 Å². The normalized spacial score (nSPS) is 19.0. The summed E-state index contributed by atoms with van der Waals surface area (Å²) in [6.45, 7) is 6.80. The molecule has 6 nitrogen and oxygen atoms in total. The minimum atomic E-state index is -0.813. The number of rotatable bonds is 7. The summed E-state index contributed by atoms with van der Waals surface area (Å²) < 4.78 is 1.99. The topological polar surface area (TPSA) is 84.2 Å².